The van der Waals surface area contributed by atoms with E-state index >= 15 is 0 Å². The highest BCUT2D eigenvalue weighted by Crippen LogP contribution is 2.02. The quantitative estimate of drug-likeness (QED) is 0.510. The van der Waals surface area contributed by atoms with Crippen LogP contribution in [0.1, 0.15) is 6.42 Å². The second-order valence-corrected chi connectivity index (χ2v) is 2.45. The van der Waals surface area contributed by atoms with Crippen LogP contribution in [-0.2, 0) is 0 Å². The summed E-state index contributed by atoms with van der Waals surface area (Å²) in [6.45, 7) is 0.946. The fraction of sp³-hybridized carbons (Fsp3) is 0.429. The summed E-state index contributed by atoms with van der Waals surface area (Å²) >= 11 is 5.49. The minimum absolute atomic E-state index is 0.720. The van der Waals surface area contributed by atoms with Gasteiger partial charge in [0.25, 0.3) is 0 Å². The van der Waals surface area contributed by atoms with Crippen molar-refractivity contribution < 1.29 is 0 Å². The maximum atomic E-state index is 5.49. The van der Waals surface area contributed by atoms with E-state index in [-0.39, 0.29) is 0 Å². The summed E-state index contributed by atoms with van der Waals surface area (Å²) in [6, 6.07) is 1.99. The van der Waals surface area contributed by atoms with Crippen molar-refractivity contribution in [2.45, 2.75) is 6.42 Å². The van der Waals surface area contributed by atoms with Crippen LogP contribution < -0.4 is 5.32 Å². The Labute approximate surface area is 65.6 Å². The Morgan fingerprint density at radius 2 is 2.50 bits per heavy atom. The Bertz CT molecular complexity index is 160. The van der Waals surface area contributed by atoms with Crippen LogP contribution in [0.15, 0.2) is 18.5 Å². The first-order valence-electron chi connectivity index (χ1n) is 3.36. The average Bonchev–Trinajstić information content (AvgIpc) is 2.41. The van der Waals surface area contributed by atoms with Gasteiger partial charge >= 0.3 is 0 Å². The molecule has 56 valence electrons. The highest BCUT2D eigenvalue weighted by atomic mass is 35.5. The third kappa shape index (κ3) is 2.31. The second kappa shape index (κ2) is 4.23. The van der Waals surface area contributed by atoms with Crippen molar-refractivity contribution in [3.05, 3.63) is 18.5 Å². The second-order valence-electron chi connectivity index (χ2n) is 2.07. The van der Waals surface area contributed by atoms with Crippen LogP contribution in [-0.4, -0.2) is 17.4 Å². The lowest BCUT2D eigenvalue weighted by Gasteiger charge is -1.99. The third-order valence-electron chi connectivity index (χ3n) is 1.24. The Balaban J connectivity index is 2.15. The summed E-state index contributed by atoms with van der Waals surface area (Å²) in [5.74, 6) is 0.720. The Morgan fingerprint density at radius 3 is 3.10 bits per heavy atom. The molecule has 3 heteroatoms. The molecule has 0 radical (unpaired) electrons. The molecule has 1 rings (SSSR count). The van der Waals surface area contributed by atoms with Crippen LogP contribution in [0.2, 0.25) is 0 Å². The van der Waals surface area contributed by atoms with Gasteiger partial charge in [0.15, 0.2) is 0 Å². The highest BCUT2D eigenvalue weighted by molar-refractivity contribution is 6.17. The van der Waals surface area contributed by atoms with Crippen LogP contribution in [0.3, 0.4) is 0 Å². The lowest BCUT2D eigenvalue weighted by molar-refractivity contribution is 0.987. The number of H-pyrrole nitrogens is 1. The van der Waals surface area contributed by atoms with Crippen LogP contribution in [0.25, 0.3) is 0 Å². The molecule has 0 bridgehead atoms. The number of hydrogen-bond acceptors (Lipinski definition) is 1. The number of nitrogens with one attached hydrogen (secondary N) is 2. The van der Waals surface area contributed by atoms with Crippen LogP contribution >= 0.6 is 11.6 Å². The summed E-state index contributed by atoms with van der Waals surface area (Å²) in [5.41, 5.74) is 1.13. The Hall–Kier alpha value is -0.630. The van der Waals surface area contributed by atoms with E-state index in [0.29, 0.717) is 0 Å². The highest BCUT2D eigenvalue weighted by Gasteiger charge is 1.88. The van der Waals surface area contributed by atoms with Crippen molar-refractivity contribution in [1.29, 1.82) is 0 Å². The number of halogens is 1. The van der Waals surface area contributed by atoms with E-state index in [1.165, 1.54) is 0 Å². The van der Waals surface area contributed by atoms with Crippen LogP contribution in [0.5, 0.6) is 0 Å². The number of alkyl halides is 1. The molecule has 1 heterocycles. The largest absolute Gasteiger partial charge is 0.384 e. The summed E-state index contributed by atoms with van der Waals surface area (Å²) in [7, 11) is 0. The van der Waals surface area contributed by atoms with E-state index in [4.69, 9.17) is 11.6 Å². The molecule has 0 aromatic carbocycles. The molecule has 2 N–H and O–H groups in total. The van der Waals surface area contributed by atoms with E-state index < -0.39 is 0 Å². The Morgan fingerprint density at radius 1 is 1.60 bits per heavy atom. The summed E-state index contributed by atoms with van der Waals surface area (Å²) in [4.78, 5) is 2.96. The molecule has 0 atom stereocenters. The average molecular weight is 159 g/mol. The predicted octanol–water partition coefficient (Wildman–Crippen LogP) is 2.06. The number of aromatic amines is 1. The van der Waals surface area contributed by atoms with Crippen molar-refractivity contribution in [2.75, 3.05) is 17.7 Å². The number of anilines is 1. The molecule has 0 saturated carbocycles. The smallest absolute Gasteiger partial charge is 0.0517 e. The van der Waals surface area contributed by atoms with Crippen molar-refractivity contribution in [3.63, 3.8) is 0 Å². The molecule has 0 amide bonds. The van der Waals surface area contributed by atoms with Crippen molar-refractivity contribution in [2.24, 2.45) is 0 Å². The van der Waals surface area contributed by atoms with Gasteiger partial charge < -0.3 is 10.3 Å². The molecule has 0 spiro atoms. The molecule has 0 fully saturated rings. The lowest BCUT2D eigenvalue weighted by Crippen LogP contribution is -2.00. The SMILES string of the molecule is ClCCCNc1cc[nH]c1. The molecule has 0 aliphatic heterocycles. The molecular weight excluding hydrogens is 148 g/mol. The first kappa shape index (κ1) is 7.48. The van der Waals surface area contributed by atoms with Gasteiger partial charge in [-0.25, -0.2) is 0 Å². The van der Waals surface area contributed by atoms with Crippen LogP contribution in [0.4, 0.5) is 5.69 Å². The van der Waals surface area contributed by atoms with Gasteiger partial charge in [-0.2, -0.15) is 0 Å². The molecule has 0 aliphatic carbocycles. The normalized spacial score (nSPS) is 9.70. The summed E-state index contributed by atoms with van der Waals surface area (Å²) in [6.07, 6.45) is 4.82. The fourth-order valence-corrected chi connectivity index (χ4v) is 0.867. The molecule has 1 aromatic rings. The van der Waals surface area contributed by atoms with Crippen molar-refractivity contribution in [3.8, 4) is 0 Å². The van der Waals surface area contributed by atoms with Crippen molar-refractivity contribution in [1.82, 2.24) is 4.98 Å². The summed E-state index contributed by atoms with van der Waals surface area (Å²) in [5, 5.41) is 3.21. The van der Waals surface area contributed by atoms with Crippen LogP contribution in [0, 0.1) is 0 Å². The molecule has 0 aliphatic rings. The van der Waals surface area contributed by atoms with Gasteiger partial charge in [-0.15, -0.1) is 11.6 Å². The molecule has 0 unspecified atom stereocenters. The summed E-state index contributed by atoms with van der Waals surface area (Å²) < 4.78 is 0. The maximum absolute atomic E-state index is 5.49. The fourth-order valence-electron chi connectivity index (χ4n) is 0.733. The molecule has 1 aromatic heterocycles. The predicted molar refractivity (Wildman–Crippen MR) is 44.6 cm³/mol. The standard InChI is InChI=1S/C7H11ClN2/c8-3-1-4-10-7-2-5-9-6-7/h2,5-6,9-10H,1,3-4H2. The lowest BCUT2D eigenvalue weighted by atomic mass is 10.4. The van der Waals surface area contributed by atoms with Gasteiger partial charge in [0, 0.05) is 24.8 Å². The molecule has 2 nitrogen and oxygen atoms in total. The van der Waals surface area contributed by atoms with Gasteiger partial charge in [-0.1, -0.05) is 0 Å². The zero-order valence-electron chi connectivity index (χ0n) is 5.73. The topological polar surface area (TPSA) is 27.8 Å². The van der Waals surface area contributed by atoms with E-state index in [0.717, 1.165) is 24.5 Å². The van der Waals surface area contributed by atoms with Gasteiger partial charge in [-0.3, -0.25) is 0 Å². The van der Waals surface area contributed by atoms with Gasteiger partial charge in [0.2, 0.25) is 0 Å². The minimum Gasteiger partial charge on any atom is -0.384 e. The van der Waals surface area contributed by atoms with Gasteiger partial charge in [0.05, 0.1) is 5.69 Å². The zero-order valence-corrected chi connectivity index (χ0v) is 6.49. The monoisotopic (exact) mass is 158 g/mol. The number of aromatic nitrogens is 1. The Kier molecular flexibility index (Phi) is 3.16. The van der Waals surface area contributed by atoms with E-state index in [1.54, 1.807) is 0 Å². The van der Waals surface area contributed by atoms with Crippen molar-refractivity contribution >= 4 is 17.3 Å². The third-order valence-corrected chi connectivity index (χ3v) is 1.50. The number of rotatable bonds is 4. The molecule has 10 heavy (non-hydrogen) atoms. The first-order valence-corrected chi connectivity index (χ1v) is 3.89. The van der Waals surface area contributed by atoms with E-state index in [9.17, 15) is 0 Å². The van der Waals surface area contributed by atoms with Gasteiger partial charge in [-0.05, 0) is 12.5 Å². The maximum Gasteiger partial charge on any atom is 0.0517 e. The zero-order chi connectivity index (χ0) is 7.23. The minimum atomic E-state index is 0.720. The number of hydrogen-bond donors (Lipinski definition) is 2. The first-order chi connectivity index (χ1) is 4.93. The van der Waals surface area contributed by atoms with Gasteiger partial charge in [0.1, 0.15) is 0 Å². The van der Waals surface area contributed by atoms with E-state index in [2.05, 4.69) is 10.3 Å². The molecular formula is C7H11ClN2. The molecule has 0 saturated heterocycles. The van der Waals surface area contributed by atoms with E-state index in [1.807, 2.05) is 18.5 Å².